The molecule has 124 valence electrons. The maximum Gasteiger partial charge on any atom is 0.273 e. The highest BCUT2D eigenvalue weighted by Gasteiger charge is 2.32. The SMILES string of the molecule is O=C(Nc1nncs1)C1=NN(c2ccccc2)C(c2ccccc2)C1. The first-order valence-corrected chi connectivity index (χ1v) is 8.73. The Morgan fingerprint density at radius 3 is 2.48 bits per heavy atom. The topological polar surface area (TPSA) is 70.5 Å². The lowest BCUT2D eigenvalue weighted by molar-refractivity contribution is -0.110. The number of para-hydroxylation sites is 1. The van der Waals surface area contributed by atoms with Crippen molar-refractivity contribution >= 4 is 33.8 Å². The van der Waals surface area contributed by atoms with E-state index in [1.165, 1.54) is 11.3 Å². The van der Waals surface area contributed by atoms with E-state index in [4.69, 9.17) is 0 Å². The van der Waals surface area contributed by atoms with Crippen LogP contribution in [0, 0.1) is 0 Å². The molecule has 6 nitrogen and oxygen atoms in total. The fourth-order valence-corrected chi connectivity index (χ4v) is 3.24. The fourth-order valence-electron chi connectivity index (χ4n) is 2.80. The Morgan fingerprint density at radius 2 is 1.80 bits per heavy atom. The second kappa shape index (κ2) is 6.82. The van der Waals surface area contributed by atoms with Gasteiger partial charge in [0, 0.05) is 6.42 Å². The van der Waals surface area contributed by atoms with Gasteiger partial charge in [0.15, 0.2) is 0 Å². The number of nitrogens with one attached hydrogen (secondary N) is 1. The van der Waals surface area contributed by atoms with Crippen LogP contribution in [0.5, 0.6) is 0 Å². The van der Waals surface area contributed by atoms with Crippen LogP contribution in [0.2, 0.25) is 0 Å². The van der Waals surface area contributed by atoms with Crippen LogP contribution < -0.4 is 10.3 Å². The smallest absolute Gasteiger partial charge is 0.273 e. The molecule has 2 aromatic carbocycles. The number of nitrogens with zero attached hydrogens (tertiary/aromatic N) is 4. The zero-order valence-electron chi connectivity index (χ0n) is 13.2. The van der Waals surface area contributed by atoms with Crippen molar-refractivity contribution in [1.29, 1.82) is 0 Å². The quantitative estimate of drug-likeness (QED) is 0.783. The molecule has 0 radical (unpaired) electrons. The molecule has 1 amide bonds. The van der Waals surface area contributed by atoms with Crippen LogP contribution in [0.1, 0.15) is 18.0 Å². The Bertz CT molecular complexity index is 880. The van der Waals surface area contributed by atoms with Gasteiger partial charge >= 0.3 is 0 Å². The third-order valence-corrected chi connectivity index (χ3v) is 4.56. The van der Waals surface area contributed by atoms with Crippen LogP contribution >= 0.6 is 11.3 Å². The molecule has 0 bridgehead atoms. The first kappa shape index (κ1) is 15.5. The molecule has 1 aliphatic rings. The van der Waals surface area contributed by atoms with Gasteiger partial charge in [-0.3, -0.25) is 15.1 Å². The number of carbonyl (C=O) groups excluding carboxylic acids is 1. The lowest BCUT2D eigenvalue weighted by atomic mass is 10.0. The summed E-state index contributed by atoms with van der Waals surface area (Å²) in [4.78, 5) is 12.5. The van der Waals surface area contributed by atoms with Crippen molar-refractivity contribution in [2.75, 3.05) is 10.3 Å². The van der Waals surface area contributed by atoms with Gasteiger partial charge in [0.2, 0.25) is 5.13 Å². The van der Waals surface area contributed by atoms with E-state index >= 15 is 0 Å². The van der Waals surface area contributed by atoms with Gasteiger partial charge in [0.25, 0.3) is 5.91 Å². The summed E-state index contributed by atoms with van der Waals surface area (Å²) in [6.07, 6.45) is 0.531. The zero-order valence-corrected chi connectivity index (χ0v) is 14.1. The predicted octanol–water partition coefficient (Wildman–Crippen LogP) is 3.48. The Labute approximate surface area is 148 Å². The summed E-state index contributed by atoms with van der Waals surface area (Å²) < 4.78 is 0. The normalized spacial score (nSPS) is 16.6. The van der Waals surface area contributed by atoms with Gasteiger partial charge in [-0.1, -0.05) is 59.9 Å². The standard InChI is InChI=1S/C18H15N5OS/c24-17(20-18-21-19-12-25-18)15-11-16(13-7-3-1-4-8-13)23(22-15)14-9-5-2-6-10-14/h1-10,12,16H,11H2,(H,20,21,24). The molecule has 4 rings (SSSR count). The van der Waals surface area contributed by atoms with Crippen LogP contribution in [0.3, 0.4) is 0 Å². The monoisotopic (exact) mass is 349 g/mol. The molecule has 2 heterocycles. The molecule has 0 spiro atoms. The lowest BCUT2D eigenvalue weighted by Gasteiger charge is -2.23. The van der Waals surface area contributed by atoms with E-state index in [1.54, 1.807) is 5.51 Å². The molecule has 1 aromatic heterocycles. The maximum absolute atomic E-state index is 12.5. The number of amides is 1. The minimum atomic E-state index is -0.240. The van der Waals surface area contributed by atoms with Crippen LogP contribution in [0.25, 0.3) is 0 Å². The summed E-state index contributed by atoms with van der Waals surface area (Å²) in [5, 5.41) is 17.3. The van der Waals surface area contributed by atoms with Crippen molar-refractivity contribution < 1.29 is 4.79 Å². The van der Waals surface area contributed by atoms with Crippen molar-refractivity contribution in [1.82, 2.24) is 10.2 Å². The predicted molar refractivity (Wildman–Crippen MR) is 98.7 cm³/mol. The molecular weight excluding hydrogens is 334 g/mol. The number of hydrazone groups is 1. The average Bonchev–Trinajstić information content (AvgIpc) is 3.33. The van der Waals surface area contributed by atoms with Gasteiger partial charge in [-0.15, -0.1) is 10.2 Å². The van der Waals surface area contributed by atoms with E-state index in [9.17, 15) is 4.79 Å². The summed E-state index contributed by atoms with van der Waals surface area (Å²) in [5.74, 6) is -0.240. The number of benzene rings is 2. The number of hydrogen-bond donors (Lipinski definition) is 1. The first-order chi connectivity index (χ1) is 12.3. The molecule has 1 unspecified atom stereocenters. The molecule has 0 saturated carbocycles. The van der Waals surface area contributed by atoms with Gasteiger partial charge in [-0.25, -0.2) is 0 Å². The van der Waals surface area contributed by atoms with Crippen molar-refractivity contribution in [3.63, 3.8) is 0 Å². The molecule has 1 N–H and O–H groups in total. The second-order valence-electron chi connectivity index (χ2n) is 5.56. The fraction of sp³-hybridized carbons (Fsp3) is 0.111. The van der Waals surface area contributed by atoms with Crippen molar-refractivity contribution in [3.05, 3.63) is 71.7 Å². The number of hydrogen-bond acceptors (Lipinski definition) is 6. The maximum atomic E-state index is 12.5. The van der Waals surface area contributed by atoms with E-state index in [-0.39, 0.29) is 11.9 Å². The van der Waals surface area contributed by atoms with Gasteiger partial charge in [-0.2, -0.15) is 5.10 Å². The average molecular weight is 349 g/mol. The molecular formula is C18H15N5OS. The number of carbonyl (C=O) groups is 1. The van der Waals surface area contributed by atoms with Gasteiger partial charge in [0.1, 0.15) is 11.2 Å². The van der Waals surface area contributed by atoms with E-state index < -0.39 is 0 Å². The summed E-state index contributed by atoms with van der Waals surface area (Å²) in [5.41, 5.74) is 4.13. The molecule has 1 aliphatic heterocycles. The Morgan fingerprint density at radius 1 is 1.08 bits per heavy atom. The molecule has 25 heavy (non-hydrogen) atoms. The third kappa shape index (κ3) is 3.27. The van der Waals surface area contributed by atoms with Crippen LogP contribution in [0.4, 0.5) is 10.8 Å². The highest BCUT2D eigenvalue weighted by atomic mass is 32.1. The van der Waals surface area contributed by atoms with Gasteiger partial charge in [-0.05, 0) is 17.7 Å². The minimum absolute atomic E-state index is 0.0150. The Hall–Kier alpha value is -3.06. The van der Waals surface area contributed by atoms with Crippen molar-refractivity contribution in [3.8, 4) is 0 Å². The summed E-state index contributed by atoms with van der Waals surface area (Å²) in [6.45, 7) is 0. The zero-order chi connectivity index (χ0) is 17.1. The molecule has 0 fully saturated rings. The lowest BCUT2D eigenvalue weighted by Crippen LogP contribution is -2.21. The number of aromatic nitrogens is 2. The molecule has 7 heteroatoms. The van der Waals surface area contributed by atoms with Crippen LogP contribution in [0.15, 0.2) is 71.3 Å². The molecule has 1 atom stereocenters. The highest BCUT2D eigenvalue weighted by molar-refractivity contribution is 7.13. The van der Waals surface area contributed by atoms with Crippen molar-refractivity contribution in [2.45, 2.75) is 12.5 Å². The van der Waals surface area contributed by atoms with Crippen LogP contribution in [-0.4, -0.2) is 21.8 Å². The van der Waals surface area contributed by atoms with E-state index in [2.05, 4.69) is 32.7 Å². The highest BCUT2D eigenvalue weighted by Crippen LogP contribution is 2.35. The van der Waals surface area contributed by atoms with E-state index in [1.807, 2.05) is 53.5 Å². The number of rotatable bonds is 4. The van der Waals surface area contributed by atoms with Crippen LogP contribution in [-0.2, 0) is 4.79 Å². The molecule has 3 aromatic rings. The summed E-state index contributed by atoms with van der Waals surface area (Å²) in [6, 6.07) is 19.9. The van der Waals surface area contributed by atoms with Gasteiger partial charge < -0.3 is 0 Å². The molecule has 0 aliphatic carbocycles. The summed E-state index contributed by atoms with van der Waals surface area (Å²) >= 11 is 1.28. The Balaban J connectivity index is 1.64. The minimum Gasteiger partial charge on any atom is -0.295 e. The Kier molecular flexibility index (Phi) is 4.22. The van der Waals surface area contributed by atoms with E-state index in [0.29, 0.717) is 17.3 Å². The number of anilines is 2. The van der Waals surface area contributed by atoms with Crippen molar-refractivity contribution in [2.24, 2.45) is 5.10 Å². The molecule has 0 saturated heterocycles. The van der Waals surface area contributed by atoms with Gasteiger partial charge in [0.05, 0.1) is 11.7 Å². The first-order valence-electron chi connectivity index (χ1n) is 7.85. The second-order valence-corrected chi connectivity index (χ2v) is 6.39. The van der Waals surface area contributed by atoms with E-state index in [0.717, 1.165) is 11.3 Å². The third-order valence-electron chi connectivity index (χ3n) is 3.96. The summed E-state index contributed by atoms with van der Waals surface area (Å²) in [7, 11) is 0. The largest absolute Gasteiger partial charge is 0.295 e.